The van der Waals surface area contributed by atoms with Crippen LogP contribution in [0, 0.1) is 11.8 Å². The smallest absolute Gasteiger partial charge is 0.106 e. The van der Waals surface area contributed by atoms with Crippen molar-refractivity contribution in [3.8, 4) is 0 Å². The van der Waals surface area contributed by atoms with Crippen LogP contribution in [-0.2, 0) is 4.74 Å². The highest BCUT2D eigenvalue weighted by molar-refractivity contribution is 5.41. The maximum Gasteiger partial charge on any atom is 0.106 e. The van der Waals surface area contributed by atoms with Crippen LogP contribution in [0.2, 0.25) is 0 Å². The van der Waals surface area contributed by atoms with Gasteiger partial charge in [0.2, 0.25) is 0 Å². The number of fused-ring (bicyclic) bond motifs is 2. The van der Waals surface area contributed by atoms with Crippen LogP contribution in [0.3, 0.4) is 0 Å². The molecule has 16 heavy (non-hydrogen) atoms. The number of allylic oxidation sites excluding steroid dienone is 2. The Morgan fingerprint density at radius 1 is 1.25 bits per heavy atom. The summed E-state index contributed by atoms with van der Waals surface area (Å²) in [5, 5.41) is 0. The molecular weight excluding hydrogens is 196 g/mol. The van der Waals surface area contributed by atoms with Gasteiger partial charge in [-0.15, -0.1) is 0 Å². The van der Waals surface area contributed by atoms with Gasteiger partial charge in [-0.3, -0.25) is 0 Å². The number of hydrogen-bond donors (Lipinski definition) is 0. The normalized spacial score (nSPS) is 41.6. The quantitative estimate of drug-likeness (QED) is 0.444. The molecule has 1 fully saturated rings. The lowest BCUT2D eigenvalue weighted by Gasteiger charge is -2.15. The van der Waals surface area contributed by atoms with E-state index in [2.05, 4.69) is 27.7 Å². The van der Waals surface area contributed by atoms with Gasteiger partial charge in [0.25, 0.3) is 0 Å². The van der Waals surface area contributed by atoms with Crippen LogP contribution in [0.5, 0.6) is 0 Å². The Morgan fingerprint density at radius 3 is 2.69 bits per heavy atom. The van der Waals surface area contributed by atoms with Crippen molar-refractivity contribution in [3.05, 3.63) is 22.3 Å². The minimum Gasteiger partial charge on any atom is -0.364 e. The predicted molar refractivity (Wildman–Crippen MR) is 66.2 cm³/mol. The van der Waals surface area contributed by atoms with E-state index >= 15 is 0 Å². The van der Waals surface area contributed by atoms with Gasteiger partial charge >= 0.3 is 0 Å². The van der Waals surface area contributed by atoms with E-state index in [1.807, 2.05) is 0 Å². The average molecular weight is 218 g/mol. The fourth-order valence-corrected chi connectivity index (χ4v) is 3.55. The van der Waals surface area contributed by atoms with Gasteiger partial charge in [-0.1, -0.05) is 30.6 Å². The molecule has 0 aromatic heterocycles. The van der Waals surface area contributed by atoms with Gasteiger partial charge in [-0.05, 0) is 44.6 Å². The molecule has 0 amide bonds. The zero-order valence-electron chi connectivity index (χ0n) is 10.8. The fourth-order valence-electron chi connectivity index (χ4n) is 3.55. The summed E-state index contributed by atoms with van der Waals surface area (Å²) in [5.74, 6) is 1.42. The second-order valence-electron chi connectivity index (χ2n) is 6.01. The van der Waals surface area contributed by atoms with Crippen LogP contribution in [0.15, 0.2) is 22.3 Å². The lowest BCUT2D eigenvalue weighted by atomic mass is 9.93. The summed E-state index contributed by atoms with van der Waals surface area (Å²) in [5.41, 5.74) is 6.62. The van der Waals surface area contributed by atoms with Crippen molar-refractivity contribution in [2.24, 2.45) is 11.8 Å². The molecule has 0 saturated carbocycles. The first-order valence-corrected chi connectivity index (χ1v) is 6.63. The van der Waals surface area contributed by atoms with E-state index in [0.717, 1.165) is 5.92 Å². The molecule has 0 spiro atoms. The number of hydrogen-bond acceptors (Lipinski definition) is 1. The molecule has 0 unspecified atom stereocenters. The summed E-state index contributed by atoms with van der Waals surface area (Å²) >= 11 is 0. The van der Waals surface area contributed by atoms with Crippen molar-refractivity contribution in [1.82, 2.24) is 0 Å². The summed E-state index contributed by atoms with van der Waals surface area (Å²) in [6.07, 6.45) is 4.90. The molecule has 0 radical (unpaired) electrons. The molecule has 1 aliphatic heterocycles. The van der Waals surface area contributed by atoms with Gasteiger partial charge in [0.15, 0.2) is 0 Å². The van der Waals surface area contributed by atoms with Gasteiger partial charge < -0.3 is 4.74 Å². The van der Waals surface area contributed by atoms with Crippen LogP contribution >= 0.6 is 0 Å². The van der Waals surface area contributed by atoms with Crippen molar-refractivity contribution in [2.75, 3.05) is 0 Å². The largest absolute Gasteiger partial charge is 0.364 e. The molecule has 0 aromatic rings. The zero-order valence-corrected chi connectivity index (χ0v) is 10.8. The Kier molecular flexibility index (Phi) is 2.29. The number of ether oxygens (including phenoxy) is 1. The van der Waals surface area contributed by atoms with Crippen molar-refractivity contribution < 1.29 is 4.74 Å². The summed E-state index contributed by atoms with van der Waals surface area (Å²) in [4.78, 5) is 0. The third kappa shape index (κ3) is 1.41. The van der Waals surface area contributed by atoms with E-state index in [1.54, 1.807) is 16.7 Å². The molecule has 3 aliphatic rings. The van der Waals surface area contributed by atoms with E-state index < -0.39 is 0 Å². The van der Waals surface area contributed by atoms with E-state index in [9.17, 15) is 0 Å². The first-order chi connectivity index (χ1) is 7.59. The Bertz CT molecular complexity index is 384. The molecule has 1 saturated heterocycles. The predicted octanol–water partition coefficient (Wildman–Crippen LogP) is 3.86. The fraction of sp³-hybridized carbons (Fsp3) is 0.733. The third-order valence-corrected chi connectivity index (χ3v) is 4.77. The molecule has 88 valence electrons. The van der Waals surface area contributed by atoms with E-state index in [4.69, 9.17) is 4.74 Å². The molecule has 1 heterocycles. The third-order valence-electron chi connectivity index (χ3n) is 4.77. The average Bonchev–Trinajstić information content (AvgIpc) is 2.96. The maximum atomic E-state index is 5.78. The molecule has 2 aliphatic carbocycles. The highest BCUT2D eigenvalue weighted by Gasteiger charge is 2.54. The van der Waals surface area contributed by atoms with Crippen LogP contribution in [-0.4, -0.2) is 12.2 Å². The second-order valence-corrected chi connectivity index (χ2v) is 6.01. The Hall–Kier alpha value is -0.560. The highest BCUT2D eigenvalue weighted by atomic mass is 16.6. The number of rotatable bonds is 0. The topological polar surface area (TPSA) is 12.5 Å². The monoisotopic (exact) mass is 218 g/mol. The SMILES string of the molecule is CC(C)=C1CC[C@H](C)C2=C(C1)[C@H](C)[C@H]1O[C@H]21. The molecule has 0 aromatic carbocycles. The minimum atomic E-state index is 0.511. The molecular formula is C15H22O. The lowest BCUT2D eigenvalue weighted by Crippen LogP contribution is -2.05. The van der Waals surface area contributed by atoms with Crippen molar-refractivity contribution >= 4 is 0 Å². The van der Waals surface area contributed by atoms with Gasteiger partial charge in [0, 0.05) is 5.92 Å². The summed E-state index contributed by atoms with van der Waals surface area (Å²) in [6.45, 7) is 9.28. The van der Waals surface area contributed by atoms with E-state index in [1.165, 1.54) is 24.8 Å². The first-order valence-electron chi connectivity index (χ1n) is 6.63. The van der Waals surface area contributed by atoms with Crippen LogP contribution in [0.25, 0.3) is 0 Å². The summed E-state index contributed by atoms with van der Waals surface area (Å²) in [7, 11) is 0. The Morgan fingerprint density at radius 2 is 2.00 bits per heavy atom. The highest BCUT2D eigenvalue weighted by Crippen LogP contribution is 2.53. The van der Waals surface area contributed by atoms with Gasteiger partial charge in [0.1, 0.15) is 6.10 Å². The molecule has 3 rings (SSSR count). The first kappa shape index (κ1) is 10.6. The molecule has 1 heteroatoms. The summed E-state index contributed by atoms with van der Waals surface area (Å²) in [6, 6.07) is 0. The van der Waals surface area contributed by atoms with Crippen LogP contribution in [0.1, 0.15) is 47.0 Å². The van der Waals surface area contributed by atoms with Crippen molar-refractivity contribution in [1.29, 1.82) is 0 Å². The minimum absolute atomic E-state index is 0.511. The molecule has 0 bridgehead atoms. The van der Waals surface area contributed by atoms with Gasteiger partial charge in [-0.25, -0.2) is 0 Å². The standard InChI is InChI=1S/C15H22O/c1-8(2)11-6-5-9(3)13-12(7-11)10(4)14-15(13)16-14/h9-10,14-15H,5-7H2,1-4H3/t9-,10-,14+,15+/m0/s1. The van der Waals surface area contributed by atoms with E-state index in [0.29, 0.717) is 18.1 Å². The molecule has 0 N–H and O–H groups in total. The maximum absolute atomic E-state index is 5.78. The molecule has 4 atom stereocenters. The van der Waals surface area contributed by atoms with E-state index in [-0.39, 0.29) is 0 Å². The second kappa shape index (κ2) is 3.46. The van der Waals surface area contributed by atoms with Crippen LogP contribution < -0.4 is 0 Å². The molecule has 1 nitrogen and oxygen atoms in total. The Labute approximate surface area is 98.6 Å². The lowest BCUT2D eigenvalue weighted by molar-refractivity contribution is 0.325. The van der Waals surface area contributed by atoms with Crippen molar-refractivity contribution in [2.45, 2.75) is 59.2 Å². The van der Waals surface area contributed by atoms with Crippen molar-refractivity contribution in [3.63, 3.8) is 0 Å². The van der Waals surface area contributed by atoms with Crippen LogP contribution in [0.4, 0.5) is 0 Å². The number of epoxide rings is 1. The zero-order chi connectivity index (χ0) is 11.4. The summed E-state index contributed by atoms with van der Waals surface area (Å²) < 4.78 is 5.78. The van der Waals surface area contributed by atoms with Gasteiger partial charge in [-0.2, -0.15) is 0 Å². The van der Waals surface area contributed by atoms with Gasteiger partial charge in [0.05, 0.1) is 6.10 Å². The Balaban J connectivity index is 1.99.